The zero-order valence-electron chi connectivity index (χ0n) is 19.0. The zero-order chi connectivity index (χ0) is 25.2. The van der Waals surface area contributed by atoms with Crippen molar-refractivity contribution in [3.63, 3.8) is 0 Å². The smallest absolute Gasteiger partial charge is 0.431 e. The number of pyridine rings is 1. The second-order valence-electron chi connectivity index (χ2n) is 8.49. The van der Waals surface area contributed by atoms with Crippen molar-refractivity contribution in [2.75, 3.05) is 46.6 Å². The van der Waals surface area contributed by atoms with Crippen LogP contribution in [-0.4, -0.2) is 80.7 Å². The molecule has 190 valence electrons. The second-order valence-corrected chi connectivity index (χ2v) is 8.49. The summed E-state index contributed by atoms with van der Waals surface area (Å²) in [5.41, 5.74) is 1.86. The Morgan fingerprint density at radius 3 is 2.51 bits per heavy atom. The van der Waals surface area contributed by atoms with Crippen LogP contribution in [0.2, 0.25) is 0 Å². The number of H-pyrrole nitrogens is 1. The average molecular weight is 497 g/mol. The number of hydrogen-bond acceptors (Lipinski definition) is 7. The minimum absolute atomic E-state index is 0.0852. The van der Waals surface area contributed by atoms with E-state index in [9.17, 15) is 22.8 Å². The van der Waals surface area contributed by atoms with E-state index in [1.807, 2.05) is 0 Å². The van der Waals surface area contributed by atoms with Gasteiger partial charge < -0.3 is 29.7 Å². The van der Waals surface area contributed by atoms with E-state index >= 15 is 0 Å². The van der Waals surface area contributed by atoms with Crippen LogP contribution in [0.25, 0.3) is 11.1 Å². The Kier molecular flexibility index (Phi) is 7.45. The van der Waals surface area contributed by atoms with Crippen molar-refractivity contribution in [3.8, 4) is 16.9 Å². The van der Waals surface area contributed by atoms with Crippen LogP contribution in [0.5, 0.6) is 5.75 Å². The fourth-order valence-electron chi connectivity index (χ4n) is 4.06. The molecular formula is C23H26F3N3O6. The fraction of sp³-hybridized carbons (Fsp3) is 0.478. The Labute approximate surface area is 198 Å². The summed E-state index contributed by atoms with van der Waals surface area (Å²) >= 11 is 0. The molecule has 3 N–H and O–H groups in total. The van der Waals surface area contributed by atoms with Crippen LogP contribution in [0.15, 0.2) is 35.1 Å². The van der Waals surface area contributed by atoms with E-state index in [4.69, 9.17) is 24.7 Å². The standard InChI is InChI=1S/C23H26F3N3O6/c1-32-15-7-29(8-15)9-16-10-33-11-17(35-16)12-34-14-4-2-13(3-5-14)18-6-19(21(27)30)22(31)28-20(18)23(24,25)26/h2-6,15-17H,7-12H2,1H3,(H2,27,30)(H,28,31). The minimum atomic E-state index is -4.84. The lowest BCUT2D eigenvalue weighted by Gasteiger charge is -2.41. The number of primary amides is 1. The number of carbonyl (C=O) groups is 1. The van der Waals surface area contributed by atoms with Gasteiger partial charge in [-0.25, -0.2) is 0 Å². The van der Waals surface area contributed by atoms with Crippen LogP contribution in [-0.2, 0) is 20.4 Å². The molecule has 0 radical (unpaired) electrons. The van der Waals surface area contributed by atoms with Crippen molar-refractivity contribution in [2.24, 2.45) is 5.73 Å². The highest BCUT2D eigenvalue weighted by molar-refractivity contribution is 5.94. The highest BCUT2D eigenvalue weighted by Gasteiger charge is 2.36. The molecule has 9 nitrogen and oxygen atoms in total. The van der Waals surface area contributed by atoms with E-state index in [-0.39, 0.29) is 36.0 Å². The number of rotatable bonds is 8. The van der Waals surface area contributed by atoms with Crippen LogP contribution in [0.1, 0.15) is 16.1 Å². The average Bonchev–Trinajstić information content (AvgIpc) is 2.79. The molecule has 0 aliphatic carbocycles. The first-order valence-corrected chi connectivity index (χ1v) is 11.0. The third-order valence-corrected chi connectivity index (χ3v) is 5.90. The molecule has 35 heavy (non-hydrogen) atoms. The number of aromatic amines is 1. The first-order valence-electron chi connectivity index (χ1n) is 11.0. The number of alkyl halides is 3. The Morgan fingerprint density at radius 1 is 1.20 bits per heavy atom. The molecule has 2 aliphatic heterocycles. The van der Waals surface area contributed by atoms with Crippen molar-refractivity contribution < 1.29 is 36.9 Å². The third-order valence-electron chi connectivity index (χ3n) is 5.90. The molecule has 2 saturated heterocycles. The number of nitrogens with one attached hydrogen (secondary N) is 1. The minimum Gasteiger partial charge on any atom is -0.491 e. The van der Waals surface area contributed by atoms with Crippen LogP contribution >= 0.6 is 0 Å². The molecule has 2 atom stereocenters. The van der Waals surface area contributed by atoms with Crippen molar-refractivity contribution >= 4 is 5.91 Å². The highest BCUT2D eigenvalue weighted by Crippen LogP contribution is 2.35. The summed E-state index contributed by atoms with van der Waals surface area (Å²) in [6.07, 6.45) is -4.96. The van der Waals surface area contributed by atoms with Gasteiger partial charge in [0.15, 0.2) is 0 Å². The predicted molar refractivity (Wildman–Crippen MR) is 118 cm³/mol. The number of methoxy groups -OCH3 is 1. The summed E-state index contributed by atoms with van der Waals surface area (Å²) in [5, 5.41) is 0. The molecule has 0 bridgehead atoms. The molecule has 1 amide bonds. The molecule has 2 aliphatic rings. The molecule has 2 fully saturated rings. The fourth-order valence-corrected chi connectivity index (χ4v) is 4.06. The van der Waals surface area contributed by atoms with E-state index in [0.717, 1.165) is 25.7 Å². The first kappa shape index (κ1) is 25.2. The van der Waals surface area contributed by atoms with Gasteiger partial charge in [0.25, 0.3) is 11.5 Å². The molecule has 1 aromatic heterocycles. The maximum absolute atomic E-state index is 13.5. The van der Waals surface area contributed by atoms with E-state index in [1.165, 1.54) is 24.3 Å². The van der Waals surface area contributed by atoms with Gasteiger partial charge in [-0.2, -0.15) is 13.2 Å². The van der Waals surface area contributed by atoms with Crippen molar-refractivity contribution in [2.45, 2.75) is 24.5 Å². The molecule has 1 aromatic carbocycles. The summed E-state index contributed by atoms with van der Waals surface area (Å²) in [5.74, 6) is -0.708. The number of ether oxygens (including phenoxy) is 4. The largest absolute Gasteiger partial charge is 0.491 e. The molecule has 3 heterocycles. The van der Waals surface area contributed by atoms with Crippen molar-refractivity contribution in [3.05, 3.63) is 51.9 Å². The van der Waals surface area contributed by atoms with E-state index in [2.05, 4.69) is 4.90 Å². The molecule has 2 aromatic rings. The summed E-state index contributed by atoms with van der Waals surface area (Å²) in [6, 6.07) is 6.65. The van der Waals surface area contributed by atoms with E-state index in [0.29, 0.717) is 19.0 Å². The molecular weight excluding hydrogens is 471 g/mol. The molecule has 0 saturated carbocycles. The SMILES string of the molecule is COC1CN(CC2COCC(COc3ccc(-c4cc(C(N)=O)c(=O)[nH]c4C(F)(F)F)cc3)O2)C1. The second kappa shape index (κ2) is 10.4. The van der Waals surface area contributed by atoms with Crippen molar-refractivity contribution in [1.82, 2.24) is 9.88 Å². The molecule has 0 spiro atoms. The van der Waals surface area contributed by atoms with E-state index < -0.39 is 28.9 Å². The number of benzene rings is 1. The Balaban J connectivity index is 1.39. The molecule has 4 rings (SSSR count). The van der Waals surface area contributed by atoms with Gasteiger partial charge in [-0.1, -0.05) is 12.1 Å². The number of nitrogens with two attached hydrogens (primary N) is 1. The number of aromatic nitrogens is 1. The number of carbonyl (C=O) groups excluding carboxylic acids is 1. The lowest BCUT2D eigenvalue weighted by molar-refractivity contribution is -0.162. The number of hydrogen-bond donors (Lipinski definition) is 2. The normalized spacial score (nSPS) is 21.5. The summed E-state index contributed by atoms with van der Waals surface area (Å²) in [6.45, 7) is 3.52. The highest BCUT2D eigenvalue weighted by atomic mass is 19.4. The number of halogens is 3. The summed E-state index contributed by atoms with van der Waals surface area (Å²) in [4.78, 5) is 27.2. The van der Waals surface area contributed by atoms with Gasteiger partial charge in [-0.15, -0.1) is 0 Å². The van der Waals surface area contributed by atoms with Gasteiger partial charge >= 0.3 is 6.18 Å². The summed E-state index contributed by atoms with van der Waals surface area (Å²) in [7, 11) is 1.69. The van der Waals surface area contributed by atoms with Gasteiger partial charge in [-0.3, -0.25) is 14.5 Å². The zero-order valence-corrected chi connectivity index (χ0v) is 19.0. The summed E-state index contributed by atoms with van der Waals surface area (Å²) < 4.78 is 63.1. The van der Waals surface area contributed by atoms with Gasteiger partial charge in [0, 0.05) is 32.3 Å². The lowest BCUT2D eigenvalue weighted by Crippen LogP contribution is -2.56. The van der Waals surface area contributed by atoms with Crippen molar-refractivity contribution in [1.29, 1.82) is 0 Å². The van der Waals surface area contributed by atoms with Crippen LogP contribution < -0.4 is 16.0 Å². The van der Waals surface area contributed by atoms with Gasteiger partial charge in [0.2, 0.25) is 0 Å². The third kappa shape index (κ3) is 6.01. The van der Waals surface area contributed by atoms with Gasteiger partial charge in [0.05, 0.1) is 25.4 Å². The first-order chi connectivity index (χ1) is 16.6. The monoisotopic (exact) mass is 497 g/mol. The lowest BCUT2D eigenvalue weighted by atomic mass is 10.0. The topological polar surface area (TPSA) is 116 Å². The van der Waals surface area contributed by atoms with Crippen LogP contribution in [0, 0.1) is 0 Å². The number of likely N-dealkylation sites (tertiary alicyclic amines) is 1. The quantitative estimate of drug-likeness (QED) is 0.570. The van der Waals surface area contributed by atoms with Crippen LogP contribution in [0.3, 0.4) is 0 Å². The Morgan fingerprint density at radius 2 is 1.89 bits per heavy atom. The van der Waals surface area contributed by atoms with Crippen LogP contribution in [0.4, 0.5) is 13.2 Å². The van der Waals surface area contributed by atoms with Gasteiger partial charge in [-0.05, 0) is 23.8 Å². The number of nitrogens with zero attached hydrogens (tertiary/aromatic N) is 1. The molecule has 2 unspecified atom stereocenters. The van der Waals surface area contributed by atoms with Gasteiger partial charge in [0.1, 0.15) is 29.7 Å². The Bertz CT molecular complexity index is 1100. The van der Waals surface area contributed by atoms with E-state index in [1.54, 1.807) is 12.1 Å². The Hall–Kier alpha value is -2.93. The maximum Gasteiger partial charge on any atom is 0.431 e. The predicted octanol–water partition coefficient (Wildman–Crippen LogP) is 1.65. The maximum atomic E-state index is 13.5. The molecule has 12 heteroatoms. The number of amides is 1.